The van der Waals surface area contributed by atoms with Crippen molar-refractivity contribution in [3.8, 4) is 28.6 Å². The van der Waals surface area contributed by atoms with Gasteiger partial charge in [-0.1, -0.05) is 30.3 Å². The summed E-state index contributed by atoms with van der Waals surface area (Å²) in [6, 6.07) is 20.0. The number of alkyl halides is 3. The highest BCUT2D eigenvalue weighted by molar-refractivity contribution is 5.55. The maximum absolute atomic E-state index is 12.3. The minimum absolute atomic E-state index is 0.311. The van der Waals surface area contributed by atoms with Crippen LogP contribution in [0.4, 0.5) is 18.9 Å². The van der Waals surface area contributed by atoms with Crippen LogP contribution in [0.5, 0.6) is 11.5 Å². The first kappa shape index (κ1) is 24.0. The third kappa shape index (κ3) is 6.71. The molecule has 4 rings (SSSR count). The summed E-state index contributed by atoms with van der Waals surface area (Å²) in [5.41, 5.74) is 2.94. The lowest BCUT2D eigenvalue weighted by atomic mass is 10.1. The van der Waals surface area contributed by atoms with E-state index in [-0.39, 0.29) is 5.75 Å². The van der Waals surface area contributed by atoms with Crippen molar-refractivity contribution in [3.05, 3.63) is 84.7 Å². The Morgan fingerprint density at radius 1 is 1.00 bits per heavy atom. The molecule has 0 aliphatic rings. The highest BCUT2D eigenvalue weighted by Gasteiger charge is 2.31. The van der Waals surface area contributed by atoms with E-state index in [1.54, 1.807) is 13.2 Å². The Kier molecular flexibility index (Phi) is 7.18. The zero-order valence-electron chi connectivity index (χ0n) is 18.5. The molecule has 8 nitrogen and oxygen atoms in total. The number of rotatable bonds is 9. The molecule has 0 bridgehead atoms. The lowest BCUT2D eigenvalue weighted by Gasteiger charge is -2.16. The van der Waals surface area contributed by atoms with Gasteiger partial charge in [0.15, 0.2) is 12.2 Å². The van der Waals surface area contributed by atoms with Crippen LogP contribution in [0.2, 0.25) is 0 Å². The second-order valence-corrected chi connectivity index (χ2v) is 7.41. The topological polar surface area (TPSA) is 93.5 Å². The van der Waals surface area contributed by atoms with Gasteiger partial charge in [-0.05, 0) is 42.0 Å². The van der Waals surface area contributed by atoms with Crippen LogP contribution in [-0.2, 0) is 6.54 Å². The summed E-state index contributed by atoms with van der Waals surface area (Å²) in [6.45, 7) is 0.409. The molecule has 0 fully saturated rings. The van der Waals surface area contributed by atoms with E-state index in [1.165, 1.54) is 35.3 Å². The molecule has 35 heavy (non-hydrogen) atoms. The normalized spacial score (nSPS) is 12.3. The van der Waals surface area contributed by atoms with Gasteiger partial charge in [-0.3, -0.25) is 5.32 Å². The van der Waals surface area contributed by atoms with Crippen LogP contribution in [0, 0.1) is 0 Å². The first-order valence-electron chi connectivity index (χ1n) is 10.5. The Bertz CT molecular complexity index is 1240. The van der Waals surface area contributed by atoms with E-state index in [2.05, 4.69) is 25.5 Å². The summed E-state index contributed by atoms with van der Waals surface area (Å²) >= 11 is 0. The zero-order chi connectivity index (χ0) is 24.8. The van der Waals surface area contributed by atoms with Crippen LogP contribution >= 0.6 is 0 Å². The molecule has 0 radical (unpaired) electrons. The Morgan fingerprint density at radius 3 is 2.43 bits per heavy atom. The van der Waals surface area contributed by atoms with Crippen LogP contribution < -0.4 is 20.1 Å². The number of hydrogen-bond donors (Lipinski definition) is 3. The second kappa shape index (κ2) is 10.5. The van der Waals surface area contributed by atoms with E-state index in [1.807, 2.05) is 42.5 Å². The smallest absolute Gasteiger partial charge is 0.497 e. The average Bonchev–Trinajstić information content (AvgIpc) is 3.33. The lowest BCUT2D eigenvalue weighted by molar-refractivity contribution is -0.274. The Labute approximate surface area is 199 Å². The summed E-state index contributed by atoms with van der Waals surface area (Å²) < 4.78 is 47.4. The fourth-order valence-corrected chi connectivity index (χ4v) is 3.23. The summed E-state index contributed by atoms with van der Waals surface area (Å²) in [4.78, 5) is 4.27. The Morgan fingerprint density at radius 2 is 1.74 bits per heavy atom. The average molecular weight is 485 g/mol. The first-order chi connectivity index (χ1) is 16.8. The number of anilines is 1. The molecule has 1 heterocycles. The molecule has 0 saturated carbocycles. The second-order valence-electron chi connectivity index (χ2n) is 7.41. The zero-order valence-corrected chi connectivity index (χ0v) is 18.5. The van der Waals surface area contributed by atoms with Crippen molar-refractivity contribution in [2.24, 2.45) is 0 Å². The molecular formula is C24H22F3N5O3. The molecule has 0 spiro atoms. The molecule has 0 amide bonds. The summed E-state index contributed by atoms with van der Waals surface area (Å²) in [5, 5.41) is 20.5. The monoisotopic (exact) mass is 485 g/mol. The third-order valence-corrected chi connectivity index (χ3v) is 4.91. The van der Waals surface area contributed by atoms with Gasteiger partial charge in [0.05, 0.1) is 12.8 Å². The number of methoxy groups -OCH3 is 1. The van der Waals surface area contributed by atoms with Crippen LogP contribution in [0.1, 0.15) is 5.56 Å². The first-order valence-corrected chi connectivity index (χ1v) is 10.5. The van der Waals surface area contributed by atoms with E-state index in [4.69, 9.17) is 4.74 Å². The van der Waals surface area contributed by atoms with E-state index in [0.717, 1.165) is 11.1 Å². The molecule has 3 aromatic carbocycles. The Balaban J connectivity index is 1.33. The number of nitrogens with one attached hydrogen (secondary N) is 2. The predicted octanol–water partition coefficient (Wildman–Crippen LogP) is 4.32. The van der Waals surface area contributed by atoms with E-state index in [9.17, 15) is 18.3 Å². The van der Waals surface area contributed by atoms with Crippen LogP contribution in [-0.4, -0.2) is 39.7 Å². The van der Waals surface area contributed by atoms with Crippen molar-refractivity contribution in [1.29, 1.82) is 0 Å². The summed E-state index contributed by atoms with van der Waals surface area (Å²) in [5.74, 6) is 0.829. The van der Waals surface area contributed by atoms with Crippen molar-refractivity contribution >= 4 is 5.69 Å². The summed E-state index contributed by atoms with van der Waals surface area (Å²) in [7, 11) is 1.58. The molecule has 1 unspecified atom stereocenters. The van der Waals surface area contributed by atoms with Gasteiger partial charge in [0.1, 0.15) is 17.8 Å². The van der Waals surface area contributed by atoms with Crippen molar-refractivity contribution < 1.29 is 27.8 Å². The number of benzene rings is 3. The van der Waals surface area contributed by atoms with E-state index in [0.29, 0.717) is 29.5 Å². The van der Waals surface area contributed by atoms with Crippen LogP contribution in [0.25, 0.3) is 17.1 Å². The van der Waals surface area contributed by atoms with Gasteiger partial charge in [0, 0.05) is 23.9 Å². The molecule has 4 aromatic rings. The quantitative estimate of drug-likeness (QED) is 0.304. The number of ether oxygens (including phenoxy) is 2. The fraction of sp³-hybridized carbons (Fsp3) is 0.167. The molecule has 1 aromatic heterocycles. The SMILES string of the molecule is COc1cccc(NC(O)NCc2ccc(-c3ncn(-c4ccc(OC(F)(F)F)cc4)n3)cc2)c1. The highest BCUT2D eigenvalue weighted by atomic mass is 19.4. The summed E-state index contributed by atoms with van der Waals surface area (Å²) in [6.07, 6.45) is -4.23. The van der Waals surface area contributed by atoms with Crippen molar-refractivity contribution in [3.63, 3.8) is 0 Å². The predicted molar refractivity (Wildman–Crippen MR) is 123 cm³/mol. The number of halogens is 3. The fourth-order valence-electron chi connectivity index (χ4n) is 3.23. The maximum atomic E-state index is 12.3. The molecule has 11 heteroatoms. The van der Waals surface area contributed by atoms with E-state index >= 15 is 0 Å². The lowest BCUT2D eigenvalue weighted by Crippen LogP contribution is -2.35. The van der Waals surface area contributed by atoms with Crippen molar-refractivity contribution in [2.75, 3.05) is 12.4 Å². The highest BCUT2D eigenvalue weighted by Crippen LogP contribution is 2.24. The number of aromatic nitrogens is 3. The van der Waals surface area contributed by atoms with Crippen molar-refractivity contribution in [2.45, 2.75) is 19.3 Å². The van der Waals surface area contributed by atoms with Crippen molar-refractivity contribution in [1.82, 2.24) is 20.1 Å². The molecule has 0 aliphatic carbocycles. The largest absolute Gasteiger partial charge is 0.573 e. The van der Waals surface area contributed by atoms with Gasteiger partial charge in [0.25, 0.3) is 0 Å². The number of aliphatic hydroxyl groups excluding tert-OH is 1. The van der Waals surface area contributed by atoms with Gasteiger partial charge in [-0.15, -0.1) is 18.3 Å². The molecule has 0 aliphatic heterocycles. The minimum Gasteiger partial charge on any atom is -0.497 e. The van der Waals surface area contributed by atoms with Gasteiger partial charge < -0.3 is 19.9 Å². The Hall–Kier alpha value is -4.09. The number of hydrogen-bond acceptors (Lipinski definition) is 7. The van der Waals surface area contributed by atoms with Gasteiger partial charge in [-0.2, -0.15) is 0 Å². The molecule has 182 valence electrons. The maximum Gasteiger partial charge on any atom is 0.573 e. The third-order valence-electron chi connectivity index (χ3n) is 4.91. The van der Waals surface area contributed by atoms with Gasteiger partial charge in [-0.25, -0.2) is 9.67 Å². The van der Waals surface area contributed by atoms with E-state index < -0.39 is 12.7 Å². The molecular weight excluding hydrogens is 463 g/mol. The standard InChI is InChI=1S/C24H22F3N5O3/c1-34-21-4-2-3-18(13-21)30-23(33)28-14-16-5-7-17(8-6-16)22-29-15-32(31-22)19-9-11-20(12-10-19)35-24(25,26)27/h2-13,15,23,28,30,33H,14H2,1H3. The van der Waals surface area contributed by atoms with Gasteiger partial charge >= 0.3 is 6.36 Å². The van der Waals surface area contributed by atoms with Gasteiger partial charge in [0.2, 0.25) is 0 Å². The molecule has 0 saturated heterocycles. The minimum atomic E-state index is -4.74. The molecule has 1 atom stereocenters. The number of nitrogens with zero attached hydrogens (tertiary/aromatic N) is 3. The van der Waals surface area contributed by atoms with Crippen LogP contribution in [0.15, 0.2) is 79.1 Å². The number of aliphatic hydroxyl groups is 1. The molecule has 3 N–H and O–H groups in total. The van der Waals surface area contributed by atoms with Crippen LogP contribution in [0.3, 0.4) is 0 Å².